The van der Waals surface area contributed by atoms with Crippen LogP contribution in [0.5, 0.6) is 0 Å². The van der Waals surface area contributed by atoms with Crippen molar-refractivity contribution in [2.75, 3.05) is 0 Å². The van der Waals surface area contributed by atoms with Gasteiger partial charge in [0.15, 0.2) is 4.77 Å². The average molecular weight is 427 g/mol. The van der Waals surface area contributed by atoms with Gasteiger partial charge in [-0.25, -0.2) is 4.98 Å². The van der Waals surface area contributed by atoms with Gasteiger partial charge in [0.1, 0.15) is 10.8 Å². The van der Waals surface area contributed by atoms with Gasteiger partial charge in [-0.3, -0.25) is 14.2 Å². The number of nitrogens with one attached hydrogen (secondary N) is 2. The molecule has 0 atom stereocenters. The van der Waals surface area contributed by atoms with Crippen LogP contribution in [0.2, 0.25) is 0 Å². The lowest BCUT2D eigenvalue weighted by molar-refractivity contribution is 0.0912. The van der Waals surface area contributed by atoms with Gasteiger partial charge >= 0.3 is 0 Å². The fraction of sp³-hybridized carbons (Fsp3) is 0.200. The van der Waals surface area contributed by atoms with Crippen molar-refractivity contribution in [3.05, 3.63) is 79.6 Å². The summed E-state index contributed by atoms with van der Waals surface area (Å²) in [5.74, 6) is 0.373. The molecule has 0 fully saturated rings. The number of amides is 1. The Morgan fingerprint density at radius 1 is 1.38 bits per heavy atom. The Balaban J connectivity index is 1.67. The second-order valence-electron chi connectivity index (χ2n) is 7.08. The summed E-state index contributed by atoms with van der Waals surface area (Å²) < 4.78 is 7.01. The van der Waals surface area contributed by atoms with Crippen molar-refractivity contribution in [3.8, 4) is 0 Å². The van der Waals surface area contributed by atoms with Gasteiger partial charge in [0, 0.05) is 17.1 Å². The Kier molecular flexibility index (Phi) is 4.93. The van der Waals surface area contributed by atoms with Gasteiger partial charge in [0.05, 0.1) is 29.2 Å². The van der Waals surface area contributed by atoms with Crippen LogP contribution < -0.4 is 10.9 Å². The second kappa shape index (κ2) is 7.41. The van der Waals surface area contributed by atoms with Crippen molar-refractivity contribution >= 4 is 40.4 Å². The number of H-pyrrole nitrogens is 1. The highest BCUT2D eigenvalue weighted by Crippen LogP contribution is 2.23. The normalized spacial score (nSPS) is 11.7. The summed E-state index contributed by atoms with van der Waals surface area (Å²) in [6, 6.07) is 8.43. The van der Waals surface area contributed by atoms with Crippen molar-refractivity contribution in [2.24, 2.45) is 0 Å². The van der Waals surface area contributed by atoms with E-state index in [0.717, 1.165) is 5.01 Å². The first kappa shape index (κ1) is 19.3. The van der Waals surface area contributed by atoms with Gasteiger partial charge in [0.25, 0.3) is 11.5 Å². The number of carbonyl (C=O) groups is 1. The van der Waals surface area contributed by atoms with E-state index < -0.39 is 5.54 Å². The smallest absolute Gasteiger partial charge is 0.262 e. The van der Waals surface area contributed by atoms with Crippen LogP contribution in [-0.2, 0) is 12.1 Å². The Morgan fingerprint density at radius 2 is 2.21 bits per heavy atom. The highest BCUT2D eigenvalue weighted by molar-refractivity contribution is 7.71. The maximum absolute atomic E-state index is 12.9. The number of aromatic amines is 1. The fourth-order valence-electron chi connectivity index (χ4n) is 3.04. The molecule has 9 heteroatoms. The zero-order valence-corrected chi connectivity index (χ0v) is 17.4. The summed E-state index contributed by atoms with van der Waals surface area (Å²) in [6.07, 6.45) is 3.25. The molecular formula is C20H18N4O3S2. The molecule has 0 aliphatic heterocycles. The third kappa shape index (κ3) is 3.79. The van der Waals surface area contributed by atoms with E-state index in [4.69, 9.17) is 16.6 Å². The molecule has 0 aliphatic rings. The molecule has 0 saturated heterocycles. The van der Waals surface area contributed by atoms with Gasteiger partial charge in [-0.05, 0) is 56.4 Å². The first-order valence-electron chi connectivity index (χ1n) is 8.87. The van der Waals surface area contributed by atoms with Crippen LogP contribution in [0.15, 0.2) is 57.4 Å². The van der Waals surface area contributed by atoms with Crippen LogP contribution in [0.3, 0.4) is 0 Å². The molecule has 3 heterocycles. The summed E-state index contributed by atoms with van der Waals surface area (Å²) in [4.78, 5) is 33.0. The van der Waals surface area contributed by atoms with Crippen molar-refractivity contribution in [2.45, 2.75) is 25.9 Å². The van der Waals surface area contributed by atoms with Gasteiger partial charge in [-0.15, -0.1) is 11.3 Å². The van der Waals surface area contributed by atoms with E-state index in [2.05, 4.69) is 15.3 Å². The van der Waals surface area contributed by atoms with Crippen LogP contribution in [-0.4, -0.2) is 20.4 Å². The standard InChI is InChI=1S/C20H18N4O3S2/c1-20(2,18-21-7-9-29-18)23-16(25)12-5-6-14-15(10-12)22-19(28)24(17(14)26)11-13-4-3-8-27-13/h3-10H,11H2,1-2H3,(H,22,28)(H,23,25). The molecule has 29 heavy (non-hydrogen) atoms. The number of nitrogens with zero attached hydrogens (tertiary/aromatic N) is 2. The minimum absolute atomic E-state index is 0.237. The molecule has 1 amide bonds. The molecule has 4 aromatic rings. The summed E-state index contributed by atoms with van der Waals surface area (Å²) >= 11 is 6.83. The quantitative estimate of drug-likeness (QED) is 0.473. The molecule has 2 N–H and O–H groups in total. The molecule has 0 spiro atoms. The van der Waals surface area contributed by atoms with E-state index in [1.165, 1.54) is 15.9 Å². The zero-order valence-electron chi connectivity index (χ0n) is 15.8. The molecule has 148 valence electrons. The van der Waals surface area contributed by atoms with E-state index in [1.807, 2.05) is 19.2 Å². The largest absolute Gasteiger partial charge is 0.467 e. The number of rotatable bonds is 5. The lowest BCUT2D eigenvalue weighted by Gasteiger charge is -2.23. The molecule has 0 bridgehead atoms. The molecule has 7 nitrogen and oxygen atoms in total. The predicted octanol–water partition coefficient (Wildman–Crippen LogP) is 3.82. The topological polar surface area (TPSA) is 92.9 Å². The lowest BCUT2D eigenvalue weighted by Crippen LogP contribution is -2.40. The minimum atomic E-state index is -0.612. The van der Waals surface area contributed by atoms with Crippen molar-refractivity contribution < 1.29 is 9.21 Å². The van der Waals surface area contributed by atoms with Crippen molar-refractivity contribution in [1.29, 1.82) is 0 Å². The van der Waals surface area contributed by atoms with Gasteiger partial charge in [-0.1, -0.05) is 0 Å². The summed E-state index contributed by atoms with van der Waals surface area (Å²) in [5.41, 5.74) is 0.0844. The number of carbonyl (C=O) groups excluding carboxylic acids is 1. The first-order valence-corrected chi connectivity index (χ1v) is 10.2. The number of hydrogen-bond donors (Lipinski definition) is 2. The Morgan fingerprint density at radius 3 is 2.90 bits per heavy atom. The number of furan rings is 1. The molecule has 0 saturated carbocycles. The molecule has 0 unspecified atom stereocenters. The first-order chi connectivity index (χ1) is 13.8. The van der Waals surface area contributed by atoms with E-state index in [-0.39, 0.29) is 22.8 Å². The lowest BCUT2D eigenvalue weighted by atomic mass is 10.1. The monoisotopic (exact) mass is 426 g/mol. The van der Waals surface area contributed by atoms with Gasteiger partial charge < -0.3 is 14.7 Å². The van der Waals surface area contributed by atoms with E-state index in [1.54, 1.807) is 42.8 Å². The number of fused-ring (bicyclic) bond motifs is 1. The highest BCUT2D eigenvalue weighted by Gasteiger charge is 2.26. The van der Waals surface area contributed by atoms with Crippen LogP contribution >= 0.6 is 23.6 Å². The Labute approximate surface area is 175 Å². The highest BCUT2D eigenvalue weighted by atomic mass is 32.1. The maximum Gasteiger partial charge on any atom is 0.262 e. The molecule has 0 aliphatic carbocycles. The third-order valence-corrected chi connectivity index (χ3v) is 5.95. The maximum atomic E-state index is 12.9. The van der Waals surface area contributed by atoms with E-state index in [0.29, 0.717) is 22.2 Å². The van der Waals surface area contributed by atoms with Gasteiger partial charge in [-0.2, -0.15) is 0 Å². The number of hydrogen-bond acceptors (Lipinski definition) is 6. The van der Waals surface area contributed by atoms with Gasteiger partial charge in [0.2, 0.25) is 0 Å². The number of aromatic nitrogens is 3. The second-order valence-corrected chi connectivity index (χ2v) is 8.36. The van der Waals surface area contributed by atoms with E-state index in [9.17, 15) is 9.59 Å². The molecule has 0 radical (unpaired) electrons. The molecule has 4 rings (SSSR count). The Hall–Kier alpha value is -3.04. The molecule has 3 aromatic heterocycles. The summed E-state index contributed by atoms with van der Waals surface area (Å²) in [7, 11) is 0. The fourth-order valence-corrected chi connectivity index (χ4v) is 4.01. The average Bonchev–Trinajstić information content (AvgIpc) is 3.38. The summed E-state index contributed by atoms with van der Waals surface area (Å²) in [6.45, 7) is 4.03. The van der Waals surface area contributed by atoms with Crippen LogP contribution in [0.1, 0.15) is 35.0 Å². The van der Waals surface area contributed by atoms with Crippen molar-refractivity contribution in [1.82, 2.24) is 19.9 Å². The van der Waals surface area contributed by atoms with E-state index >= 15 is 0 Å². The molecule has 1 aromatic carbocycles. The predicted molar refractivity (Wildman–Crippen MR) is 114 cm³/mol. The van der Waals surface area contributed by atoms with Crippen LogP contribution in [0.25, 0.3) is 10.9 Å². The number of benzene rings is 1. The number of thiazole rings is 1. The minimum Gasteiger partial charge on any atom is -0.467 e. The zero-order chi connectivity index (χ0) is 20.6. The summed E-state index contributed by atoms with van der Waals surface area (Å²) in [5, 5.41) is 6.11. The SMILES string of the molecule is CC(C)(NC(=O)c1ccc2c(=O)n(Cc3ccco3)c(=S)[nH]c2c1)c1nccs1. The third-order valence-electron chi connectivity index (χ3n) is 4.53. The van der Waals surface area contributed by atoms with Crippen LogP contribution in [0.4, 0.5) is 0 Å². The van der Waals surface area contributed by atoms with Crippen LogP contribution in [0, 0.1) is 4.77 Å². The Bertz CT molecular complexity index is 1290. The van der Waals surface area contributed by atoms with Crippen molar-refractivity contribution in [3.63, 3.8) is 0 Å². The molecular weight excluding hydrogens is 408 g/mol.